The first-order chi connectivity index (χ1) is 8.87. The van der Waals surface area contributed by atoms with Gasteiger partial charge in [0.05, 0.1) is 17.1 Å². The summed E-state index contributed by atoms with van der Waals surface area (Å²) >= 11 is 3.19. The zero-order chi connectivity index (χ0) is 14.0. The Kier molecular flexibility index (Phi) is 4.15. The molecular formula is C12H14BrNO4S. The lowest BCUT2D eigenvalue weighted by molar-refractivity contribution is 0.0945. The van der Waals surface area contributed by atoms with Gasteiger partial charge in [0.2, 0.25) is 0 Å². The summed E-state index contributed by atoms with van der Waals surface area (Å²) in [6.45, 7) is 0.313. The van der Waals surface area contributed by atoms with Crippen molar-refractivity contribution in [2.75, 3.05) is 18.1 Å². The largest absolute Gasteiger partial charge is 0.507 e. The zero-order valence-electron chi connectivity index (χ0n) is 10.1. The van der Waals surface area contributed by atoms with Crippen LogP contribution in [-0.2, 0) is 9.84 Å². The molecule has 1 aromatic rings. The molecule has 1 aliphatic heterocycles. The Bertz CT molecular complexity index is 600. The van der Waals surface area contributed by atoms with Crippen LogP contribution in [0.3, 0.4) is 0 Å². The summed E-state index contributed by atoms with van der Waals surface area (Å²) in [5.41, 5.74) is 0.184. The quantitative estimate of drug-likeness (QED) is 0.863. The van der Waals surface area contributed by atoms with E-state index in [1.165, 1.54) is 12.1 Å². The van der Waals surface area contributed by atoms with Gasteiger partial charge in [-0.2, -0.15) is 0 Å². The third kappa shape index (κ3) is 3.70. The van der Waals surface area contributed by atoms with E-state index in [1.807, 2.05) is 0 Å². The average Bonchev–Trinajstić information content (AvgIpc) is 2.66. The molecule has 7 heteroatoms. The summed E-state index contributed by atoms with van der Waals surface area (Å²) in [5, 5.41) is 12.3. The van der Waals surface area contributed by atoms with Crippen LogP contribution >= 0.6 is 15.9 Å². The van der Waals surface area contributed by atoms with Gasteiger partial charge in [-0.05, 0) is 30.5 Å². The van der Waals surface area contributed by atoms with Crippen LogP contribution in [0.15, 0.2) is 22.7 Å². The summed E-state index contributed by atoms with van der Waals surface area (Å²) in [7, 11) is -2.93. The van der Waals surface area contributed by atoms with Gasteiger partial charge >= 0.3 is 0 Å². The second-order valence-electron chi connectivity index (χ2n) is 4.64. The number of nitrogens with one attached hydrogen (secondary N) is 1. The summed E-state index contributed by atoms with van der Waals surface area (Å²) in [6.07, 6.45) is 0.578. The molecule has 1 saturated heterocycles. The predicted molar refractivity (Wildman–Crippen MR) is 74.9 cm³/mol. The zero-order valence-corrected chi connectivity index (χ0v) is 12.5. The van der Waals surface area contributed by atoms with Crippen LogP contribution in [0, 0.1) is 5.92 Å². The Morgan fingerprint density at radius 1 is 1.47 bits per heavy atom. The van der Waals surface area contributed by atoms with Crippen LogP contribution in [0.2, 0.25) is 0 Å². The fraction of sp³-hybridized carbons (Fsp3) is 0.417. The minimum atomic E-state index is -2.93. The number of halogens is 1. The lowest BCUT2D eigenvalue weighted by atomic mass is 10.1. The molecule has 1 aliphatic rings. The average molecular weight is 348 g/mol. The number of rotatable bonds is 3. The van der Waals surface area contributed by atoms with E-state index in [9.17, 15) is 18.3 Å². The van der Waals surface area contributed by atoms with Crippen molar-refractivity contribution in [2.45, 2.75) is 6.42 Å². The number of amides is 1. The van der Waals surface area contributed by atoms with Crippen LogP contribution < -0.4 is 5.32 Å². The molecule has 0 aromatic heterocycles. The number of phenolic OH excluding ortho intramolecular Hbond substituents is 1. The Labute approximate surface area is 120 Å². The highest BCUT2D eigenvalue weighted by atomic mass is 79.9. The van der Waals surface area contributed by atoms with E-state index in [4.69, 9.17) is 0 Å². The van der Waals surface area contributed by atoms with Crippen LogP contribution in [0.4, 0.5) is 0 Å². The topological polar surface area (TPSA) is 83.5 Å². The number of carbonyl (C=O) groups excluding carboxylic acids is 1. The fourth-order valence-corrected chi connectivity index (χ4v) is 4.27. The van der Waals surface area contributed by atoms with Gasteiger partial charge in [0.1, 0.15) is 5.75 Å². The number of hydrogen-bond donors (Lipinski definition) is 2. The molecule has 0 bridgehead atoms. The monoisotopic (exact) mass is 347 g/mol. The highest BCUT2D eigenvalue weighted by Gasteiger charge is 2.28. The second-order valence-corrected chi connectivity index (χ2v) is 7.78. The maximum absolute atomic E-state index is 11.9. The molecule has 1 amide bonds. The van der Waals surface area contributed by atoms with Gasteiger partial charge in [0, 0.05) is 11.0 Å². The van der Waals surface area contributed by atoms with Crippen molar-refractivity contribution in [3.63, 3.8) is 0 Å². The van der Waals surface area contributed by atoms with E-state index in [-0.39, 0.29) is 28.7 Å². The second kappa shape index (κ2) is 5.50. The highest BCUT2D eigenvalue weighted by molar-refractivity contribution is 9.10. The van der Waals surface area contributed by atoms with Crippen LogP contribution in [-0.4, -0.2) is 37.5 Å². The van der Waals surface area contributed by atoms with Gasteiger partial charge in [-0.25, -0.2) is 8.42 Å². The fourth-order valence-electron chi connectivity index (χ4n) is 2.06. The molecule has 19 heavy (non-hydrogen) atoms. The Hall–Kier alpha value is -1.08. The van der Waals surface area contributed by atoms with E-state index in [2.05, 4.69) is 21.2 Å². The van der Waals surface area contributed by atoms with Crippen molar-refractivity contribution >= 4 is 31.7 Å². The molecule has 104 valence electrons. The van der Waals surface area contributed by atoms with E-state index in [1.54, 1.807) is 6.07 Å². The summed E-state index contributed by atoms with van der Waals surface area (Å²) in [4.78, 5) is 11.9. The van der Waals surface area contributed by atoms with Gasteiger partial charge in [-0.15, -0.1) is 0 Å². The third-order valence-electron chi connectivity index (χ3n) is 3.08. The summed E-state index contributed by atoms with van der Waals surface area (Å²) in [6, 6.07) is 4.61. The number of phenols is 1. The van der Waals surface area contributed by atoms with E-state index >= 15 is 0 Å². The van der Waals surface area contributed by atoms with Crippen LogP contribution in [0.25, 0.3) is 0 Å². The molecule has 0 radical (unpaired) electrons. The number of carbonyl (C=O) groups is 1. The van der Waals surface area contributed by atoms with Crippen molar-refractivity contribution in [3.8, 4) is 5.75 Å². The van der Waals surface area contributed by atoms with Crippen molar-refractivity contribution < 1.29 is 18.3 Å². The predicted octanol–water partition coefficient (Wildman–Crippen LogP) is 1.32. The highest BCUT2D eigenvalue weighted by Crippen LogP contribution is 2.22. The minimum Gasteiger partial charge on any atom is -0.507 e. The summed E-state index contributed by atoms with van der Waals surface area (Å²) in [5.74, 6) is -0.219. The van der Waals surface area contributed by atoms with Crippen LogP contribution in [0.1, 0.15) is 16.8 Å². The molecule has 0 saturated carbocycles. The molecule has 1 fully saturated rings. The maximum Gasteiger partial charge on any atom is 0.255 e. The van der Waals surface area contributed by atoms with E-state index in [0.717, 1.165) is 0 Å². The maximum atomic E-state index is 11.9. The first kappa shape index (κ1) is 14.3. The van der Waals surface area contributed by atoms with E-state index in [0.29, 0.717) is 17.4 Å². The first-order valence-corrected chi connectivity index (χ1v) is 8.46. The molecule has 1 atom stereocenters. The molecule has 1 aromatic carbocycles. The van der Waals surface area contributed by atoms with Crippen molar-refractivity contribution in [1.29, 1.82) is 0 Å². The van der Waals surface area contributed by atoms with Crippen molar-refractivity contribution in [3.05, 3.63) is 28.2 Å². The van der Waals surface area contributed by atoms with Gasteiger partial charge in [-0.3, -0.25) is 4.79 Å². The Morgan fingerprint density at radius 3 is 2.79 bits per heavy atom. The number of benzene rings is 1. The molecular weight excluding hydrogens is 334 g/mol. The number of hydrogen-bond acceptors (Lipinski definition) is 4. The number of sulfone groups is 1. The van der Waals surface area contributed by atoms with Crippen molar-refractivity contribution in [1.82, 2.24) is 5.32 Å². The lowest BCUT2D eigenvalue weighted by Gasteiger charge is -2.10. The minimum absolute atomic E-state index is 0.0356. The Morgan fingerprint density at radius 2 is 2.21 bits per heavy atom. The van der Waals surface area contributed by atoms with Gasteiger partial charge < -0.3 is 10.4 Å². The normalized spacial score (nSPS) is 21.2. The van der Waals surface area contributed by atoms with Gasteiger partial charge in [0.15, 0.2) is 9.84 Å². The molecule has 0 spiro atoms. The standard InChI is InChI=1S/C12H14BrNO4S/c13-9-1-2-10(11(15)5-9)12(16)14-6-8-3-4-19(17,18)7-8/h1-2,5,8,15H,3-4,6-7H2,(H,14,16). The number of aromatic hydroxyl groups is 1. The molecule has 1 heterocycles. The molecule has 2 N–H and O–H groups in total. The molecule has 5 nitrogen and oxygen atoms in total. The SMILES string of the molecule is O=C(NCC1CCS(=O)(=O)C1)c1ccc(Br)cc1O. The third-order valence-corrected chi connectivity index (χ3v) is 5.41. The molecule has 2 rings (SSSR count). The van der Waals surface area contributed by atoms with E-state index < -0.39 is 15.7 Å². The smallest absolute Gasteiger partial charge is 0.255 e. The van der Waals surface area contributed by atoms with Gasteiger partial charge in [0.25, 0.3) is 5.91 Å². The van der Waals surface area contributed by atoms with Crippen LogP contribution in [0.5, 0.6) is 5.75 Å². The van der Waals surface area contributed by atoms with Gasteiger partial charge in [-0.1, -0.05) is 15.9 Å². The lowest BCUT2D eigenvalue weighted by Crippen LogP contribution is -2.29. The van der Waals surface area contributed by atoms with Crippen molar-refractivity contribution in [2.24, 2.45) is 5.92 Å². The Balaban J connectivity index is 1.95. The first-order valence-electron chi connectivity index (χ1n) is 5.84. The molecule has 0 aliphatic carbocycles. The molecule has 1 unspecified atom stereocenters. The summed E-state index contributed by atoms with van der Waals surface area (Å²) < 4.78 is 23.3.